The fourth-order valence-corrected chi connectivity index (χ4v) is 3.47. The Labute approximate surface area is 157 Å². The molecule has 0 bridgehead atoms. The molecule has 2 aromatic carbocycles. The first-order valence-corrected chi connectivity index (χ1v) is 9.51. The lowest BCUT2D eigenvalue weighted by Gasteiger charge is -2.33. The highest BCUT2D eigenvalue weighted by atomic mass is 16.5. The molecule has 0 N–H and O–H groups in total. The number of benzene rings is 2. The normalized spacial score (nSPS) is 15.7. The standard InChI is InChI=1S/C23H29NO2/c1-23(2,3)20-11-7-8-12-21(20)26-19-13-15-24(16-14-19)22(25)17-18-9-5-4-6-10-18/h4-12,19H,13-17H2,1-3H3. The van der Waals surface area contributed by atoms with Crippen LogP contribution in [-0.2, 0) is 16.6 Å². The maximum atomic E-state index is 12.5. The van der Waals surface area contributed by atoms with E-state index in [1.165, 1.54) is 5.56 Å². The smallest absolute Gasteiger partial charge is 0.226 e. The maximum absolute atomic E-state index is 12.5. The Morgan fingerprint density at radius 1 is 1.00 bits per heavy atom. The van der Waals surface area contributed by atoms with E-state index in [1.54, 1.807) is 0 Å². The number of hydrogen-bond donors (Lipinski definition) is 0. The lowest BCUT2D eigenvalue weighted by Crippen LogP contribution is -2.42. The molecule has 138 valence electrons. The molecule has 3 heteroatoms. The van der Waals surface area contributed by atoms with Crippen LogP contribution in [0.3, 0.4) is 0 Å². The van der Waals surface area contributed by atoms with E-state index in [4.69, 9.17) is 4.74 Å². The summed E-state index contributed by atoms with van der Waals surface area (Å²) < 4.78 is 6.32. The number of piperidine rings is 1. The van der Waals surface area contributed by atoms with Crippen molar-refractivity contribution in [1.29, 1.82) is 0 Å². The number of rotatable bonds is 4. The molecule has 0 saturated carbocycles. The fraction of sp³-hybridized carbons (Fsp3) is 0.435. The van der Waals surface area contributed by atoms with Crippen LogP contribution in [0.5, 0.6) is 5.75 Å². The van der Waals surface area contributed by atoms with Gasteiger partial charge in [-0.3, -0.25) is 4.79 Å². The Balaban J connectivity index is 1.55. The summed E-state index contributed by atoms with van der Waals surface area (Å²) in [6.07, 6.45) is 2.44. The second-order valence-electron chi connectivity index (χ2n) is 8.11. The van der Waals surface area contributed by atoms with Crippen molar-refractivity contribution in [2.75, 3.05) is 13.1 Å². The van der Waals surface area contributed by atoms with Gasteiger partial charge in [-0.1, -0.05) is 69.3 Å². The molecule has 1 amide bonds. The number of para-hydroxylation sites is 1. The van der Waals surface area contributed by atoms with Crippen LogP contribution in [0.2, 0.25) is 0 Å². The summed E-state index contributed by atoms with van der Waals surface area (Å²) in [5.74, 6) is 1.19. The zero-order chi connectivity index (χ0) is 18.6. The second-order valence-corrected chi connectivity index (χ2v) is 8.11. The molecule has 26 heavy (non-hydrogen) atoms. The van der Waals surface area contributed by atoms with Gasteiger partial charge in [-0.15, -0.1) is 0 Å². The monoisotopic (exact) mass is 351 g/mol. The summed E-state index contributed by atoms with van der Waals surface area (Å²) >= 11 is 0. The van der Waals surface area contributed by atoms with Crippen LogP contribution in [0, 0.1) is 0 Å². The molecule has 1 aliphatic heterocycles. The van der Waals surface area contributed by atoms with Gasteiger partial charge >= 0.3 is 0 Å². The third kappa shape index (κ3) is 4.66. The van der Waals surface area contributed by atoms with Crippen molar-refractivity contribution in [3.8, 4) is 5.75 Å². The molecule has 1 aliphatic rings. The van der Waals surface area contributed by atoms with Crippen molar-refractivity contribution in [3.05, 3.63) is 65.7 Å². The van der Waals surface area contributed by atoms with Crippen molar-refractivity contribution in [3.63, 3.8) is 0 Å². The van der Waals surface area contributed by atoms with Gasteiger partial charge in [-0.2, -0.15) is 0 Å². The summed E-state index contributed by atoms with van der Waals surface area (Å²) in [6, 6.07) is 18.3. The Hall–Kier alpha value is -2.29. The van der Waals surface area contributed by atoms with Crippen LogP contribution in [0.15, 0.2) is 54.6 Å². The van der Waals surface area contributed by atoms with Crippen molar-refractivity contribution in [2.45, 2.75) is 51.6 Å². The first-order chi connectivity index (χ1) is 12.4. The molecule has 2 aromatic rings. The van der Waals surface area contributed by atoms with E-state index in [0.29, 0.717) is 6.42 Å². The zero-order valence-electron chi connectivity index (χ0n) is 16.1. The van der Waals surface area contributed by atoms with Crippen molar-refractivity contribution in [2.24, 2.45) is 0 Å². The van der Waals surface area contributed by atoms with E-state index in [-0.39, 0.29) is 17.4 Å². The first-order valence-electron chi connectivity index (χ1n) is 9.51. The minimum atomic E-state index is 0.0585. The van der Waals surface area contributed by atoms with E-state index < -0.39 is 0 Å². The molecule has 0 aromatic heterocycles. The van der Waals surface area contributed by atoms with Crippen LogP contribution in [0.4, 0.5) is 0 Å². The number of amides is 1. The molecule has 3 rings (SSSR count). The van der Waals surface area contributed by atoms with Crippen LogP contribution >= 0.6 is 0 Å². The molecule has 1 heterocycles. The Bertz CT molecular complexity index is 725. The summed E-state index contributed by atoms with van der Waals surface area (Å²) in [4.78, 5) is 14.5. The predicted octanol–water partition coefficient (Wildman–Crippen LogP) is 4.60. The summed E-state index contributed by atoms with van der Waals surface area (Å²) in [5, 5.41) is 0. The molecular formula is C23H29NO2. The third-order valence-electron chi connectivity index (χ3n) is 4.98. The van der Waals surface area contributed by atoms with Gasteiger partial charge in [0.15, 0.2) is 0 Å². The minimum Gasteiger partial charge on any atom is -0.490 e. The van der Waals surface area contributed by atoms with Gasteiger partial charge < -0.3 is 9.64 Å². The van der Waals surface area contributed by atoms with Crippen LogP contribution in [0.25, 0.3) is 0 Å². The molecule has 0 radical (unpaired) electrons. The second kappa shape index (κ2) is 7.94. The van der Waals surface area contributed by atoms with E-state index in [1.807, 2.05) is 41.3 Å². The molecule has 0 spiro atoms. The highest BCUT2D eigenvalue weighted by molar-refractivity contribution is 5.78. The first kappa shape index (κ1) is 18.5. The van der Waals surface area contributed by atoms with Gasteiger partial charge in [0.2, 0.25) is 5.91 Å². The number of carbonyl (C=O) groups is 1. The maximum Gasteiger partial charge on any atom is 0.226 e. The topological polar surface area (TPSA) is 29.5 Å². The third-order valence-corrected chi connectivity index (χ3v) is 4.98. The lowest BCUT2D eigenvalue weighted by atomic mass is 9.86. The molecule has 1 fully saturated rings. The Morgan fingerprint density at radius 3 is 2.27 bits per heavy atom. The number of likely N-dealkylation sites (tertiary alicyclic amines) is 1. The summed E-state index contributed by atoms with van der Waals surface area (Å²) in [5.41, 5.74) is 2.38. The SMILES string of the molecule is CC(C)(C)c1ccccc1OC1CCN(C(=O)Cc2ccccc2)CC1. The van der Waals surface area contributed by atoms with Crippen LogP contribution in [0.1, 0.15) is 44.7 Å². The van der Waals surface area contributed by atoms with E-state index >= 15 is 0 Å². The van der Waals surface area contributed by atoms with Crippen LogP contribution in [-0.4, -0.2) is 30.0 Å². The predicted molar refractivity (Wildman–Crippen MR) is 106 cm³/mol. The van der Waals surface area contributed by atoms with Gasteiger partial charge in [0.25, 0.3) is 0 Å². The molecule has 0 unspecified atom stereocenters. The lowest BCUT2D eigenvalue weighted by molar-refractivity contribution is -0.132. The quantitative estimate of drug-likeness (QED) is 0.806. The largest absolute Gasteiger partial charge is 0.490 e. The molecule has 1 saturated heterocycles. The molecule has 0 aliphatic carbocycles. The number of carbonyl (C=O) groups excluding carboxylic acids is 1. The average molecular weight is 351 g/mol. The van der Waals surface area contributed by atoms with Crippen LogP contribution < -0.4 is 4.74 Å². The molecule has 0 atom stereocenters. The number of ether oxygens (including phenoxy) is 1. The van der Waals surface area contributed by atoms with Crippen molar-refractivity contribution in [1.82, 2.24) is 4.90 Å². The van der Waals surface area contributed by atoms with Crippen molar-refractivity contribution >= 4 is 5.91 Å². The van der Waals surface area contributed by atoms with Crippen molar-refractivity contribution < 1.29 is 9.53 Å². The highest BCUT2D eigenvalue weighted by Gasteiger charge is 2.26. The Morgan fingerprint density at radius 2 is 1.62 bits per heavy atom. The number of hydrogen-bond acceptors (Lipinski definition) is 2. The zero-order valence-corrected chi connectivity index (χ0v) is 16.1. The van der Waals surface area contributed by atoms with E-state index in [0.717, 1.165) is 37.2 Å². The van der Waals surface area contributed by atoms with Gasteiger partial charge in [0.05, 0.1) is 6.42 Å². The average Bonchev–Trinajstić information content (AvgIpc) is 2.63. The molecular weight excluding hydrogens is 322 g/mol. The van der Waals surface area contributed by atoms with E-state index in [2.05, 4.69) is 39.0 Å². The Kier molecular flexibility index (Phi) is 5.65. The van der Waals surface area contributed by atoms with Gasteiger partial charge in [0.1, 0.15) is 11.9 Å². The highest BCUT2D eigenvalue weighted by Crippen LogP contribution is 2.32. The van der Waals surface area contributed by atoms with Gasteiger partial charge in [-0.05, 0) is 22.6 Å². The minimum absolute atomic E-state index is 0.0585. The fourth-order valence-electron chi connectivity index (χ4n) is 3.47. The summed E-state index contributed by atoms with van der Waals surface area (Å²) in [7, 11) is 0. The van der Waals surface area contributed by atoms with Gasteiger partial charge in [0, 0.05) is 25.9 Å². The van der Waals surface area contributed by atoms with Gasteiger partial charge in [-0.25, -0.2) is 0 Å². The van der Waals surface area contributed by atoms with E-state index in [9.17, 15) is 4.79 Å². The number of nitrogens with zero attached hydrogens (tertiary/aromatic N) is 1. The summed E-state index contributed by atoms with van der Waals surface area (Å²) in [6.45, 7) is 8.17. The molecule has 3 nitrogen and oxygen atoms in total.